The zero-order chi connectivity index (χ0) is 41.6. The number of carboxylic acid groups (broad SMARTS) is 1. The number of aromatic nitrogens is 2. The van der Waals surface area contributed by atoms with E-state index in [1.807, 2.05) is 14.1 Å². The van der Waals surface area contributed by atoms with E-state index < -0.39 is 11.8 Å². The Kier molecular flexibility index (Phi) is 16.1. The smallest absolute Gasteiger partial charge is 0.354 e. The summed E-state index contributed by atoms with van der Waals surface area (Å²) in [6.07, 6.45) is 3.65. The molecule has 0 saturated heterocycles. The van der Waals surface area contributed by atoms with E-state index >= 15 is 8.78 Å². The molecule has 0 unspecified atom stereocenters. The van der Waals surface area contributed by atoms with Crippen LogP contribution in [0.4, 0.5) is 8.78 Å². The van der Waals surface area contributed by atoms with Crippen molar-refractivity contribution in [1.29, 1.82) is 0 Å². The Morgan fingerprint density at radius 1 is 0.684 bits per heavy atom. The lowest BCUT2D eigenvalue weighted by Gasteiger charge is -2.14. The first kappa shape index (κ1) is 43.8. The lowest BCUT2D eigenvalue weighted by atomic mass is 9.97. The molecule has 13 heteroatoms. The summed E-state index contributed by atoms with van der Waals surface area (Å²) in [5.74, 6) is -1.20. The minimum absolute atomic E-state index is 0.0523. The molecular formula is C44H42Cl2F2N4O5. The molecule has 0 saturated carbocycles. The molecule has 6 rings (SSSR count). The number of rotatable bonds is 10. The zero-order valence-corrected chi connectivity index (χ0v) is 33.8. The third kappa shape index (κ3) is 11.6. The molecule has 2 heterocycles. The number of halogens is 4. The summed E-state index contributed by atoms with van der Waals surface area (Å²) in [5.41, 5.74) is 4.73. The van der Waals surface area contributed by atoms with Gasteiger partial charge in [0.2, 0.25) is 0 Å². The maximum absolute atomic E-state index is 15.3. The van der Waals surface area contributed by atoms with Gasteiger partial charge >= 0.3 is 5.97 Å². The van der Waals surface area contributed by atoms with Crippen LogP contribution < -0.4 is 14.8 Å². The zero-order valence-electron chi connectivity index (χ0n) is 32.2. The maximum atomic E-state index is 15.3. The SMILES string of the molecule is CNC.COc1ccc(Cc2ccc(C(=O)N(C)C)nc2)c(F)c1-c1cccc(Cl)c1.COc1ccc(Cc2ccc(C(=O)O)nc2)c(F)c1-c1cccc(Cl)c1. The molecule has 296 valence electrons. The molecule has 4 aromatic carbocycles. The average Bonchev–Trinajstić information content (AvgIpc) is 3.20. The number of hydrogen-bond acceptors (Lipinski definition) is 7. The van der Waals surface area contributed by atoms with Crippen molar-refractivity contribution >= 4 is 35.1 Å². The molecule has 0 radical (unpaired) electrons. The normalized spacial score (nSPS) is 10.4. The second-order valence-electron chi connectivity index (χ2n) is 12.7. The van der Waals surface area contributed by atoms with Crippen molar-refractivity contribution < 1.29 is 33.0 Å². The highest BCUT2D eigenvalue weighted by molar-refractivity contribution is 6.31. The topological polar surface area (TPSA) is 114 Å². The summed E-state index contributed by atoms with van der Waals surface area (Å²) in [6.45, 7) is 0. The predicted molar refractivity (Wildman–Crippen MR) is 221 cm³/mol. The van der Waals surface area contributed by atoms with Gasteiger partial charge in [-0.3, -0.25) is 9.78 Å². The molecule has 57 heavy (non-hydrogen) atoms. The van der Waals surface area contributed by atoms with E-state index in [0.29, 0.717) is 72.6 Å². The van der Waals surface area contributed by atoms with Crippen LogP contribution in [0.3, 0.4) is 0 Å². The van der Waals surface area contributed by atoms with Crippen molar-refractivity contribution in [2.45, 2.75) is 12.8 Å². The summed E-state index contributed by atoms with van der Waals surface area (Å²) >= 11 is 12.1. The summed E-state index contributed by atoms with van der Waals surface area (Å²) in [5, 5.41) is 12.7. The average molecular weight is 816 g/mol. The number of amides is 1. The van der Waals surface area contributed by atoms with Crippen LogP contribution in [0.1, 0.15) is 43.2 Å². The van der Waals surface area contributed by atoms with Crippen LogP contribution in [0.2, 0.25) is 10.0 Å². The first-order valence-corrected chi connectivity index (χ1v) is 18.2. The number of pyridine rings is 2. The minimum atomic E-state index is -1.10. The van der Waals surface area contributed by atoms with E-state index in [9.17, 15) is 9.59 Å². The molecule has 0 aliphatic rings. The van der Waals surface area contributed by atoms with E-state index in [4.69, 9.17) is 37.8 Å². The Balaban J connectivity index is 0.000000237. The lowest BCUT2D eigenvalue weighted by molar-refractivity contribution is 0.0690. The van der Waals surface area contributed by atoms with Gasteiger partial charge < -0.3 is 24.8 Å². The van der Waals surface area contributed by atoms with Gasteiger partial charge in [-0.05, 0) is 96.0 Å². The Hall–Kier alpha value is -5.88. The van der Waals surface area contributed by atoms with Gasteiger partial charge in [0, 0.05) is 49.4 Å². The number of carbonyl (C=O) groups excluding carboxylic acids is 1. The Labute approximate surface area is 340 Å². The Morgan fingerprint density at radius 3 is 1.44 bits per heavy atom. The quantitative estimate of drug-likeness (QED) is 0.141. The standard InChI is InChI=1S/C22H20ClFN2O2.C20H15ClFNO3.C2H7N/c1-26(2)22(27)18-9-7-14(13-25-18)11-16-8-10-19(28-3)20(21(16)24)15-5-4-6-17(23)12-15;1-26-17-8-6-14(9-12-5-7-16(20(24)25)23-11-12)19(22)18(17)13-3-2-4-15(21)10-13;1-3-2/h4-10,12-13H,11H2,1-3H3;2-8,10-11H,9H2,1H3,(H,24,25);3H,1-2H3. The molecule has 0 aliphatic heterocycles. The highest BCUT2D eigenvalue weighted by Gasteiger charge is 2.19. The van der Waals surface area contributed by atoms with Gasteiger partial charge in [-0.25, -0.2) is 18.6 Å². The largest absolute Gasteiger partial charge is 0.496 e. The molecule has 0 fully saturated rings. The molecule has 1 amide bonds. The lowest BCUT2D eigenvalue weighted by Crippen LogP contribution is -2.22. The third-order valence-electron chi connectivity index (χ3n) is 8.32. The van der Waals surface area contributed by atoms with E-state index in [2.05, 4.69) is 15.3 Å². The number of ether oxygens (including phenoxy) is 2. The fourth-order valence-corrected chi connectivity index (χ4v) is 6.00. The van der Waals surface area contributed by atoms with Crippen LogP contribution in [-0.4, -0.2) is 74.3 Å². The fourth-order valence-electron chi connectivity index (χ4n) is 5.62. The number of carboxylic acids is 1. The summed E-state index contributed by atoms with van der Waals surface area (Å²) in [4.78, 5) is 32.3. The van der Waals surface area contributed by atoms with Gasteiger partial charge in [0.15, 0.2) is 0 Å². The van der Waals surface area contributed by atoms with Gasteiger partial charge in [0.25, 0.3) is 5.91 Å². The number of benzene rings is 4. The second-order valence-corrected chi connectivity index (χ2v) is 13.6. The van der Waals surface area contributed by atoms with Crippen LogP contribution in [0.25, 0.3) is 22.3 Å². The molecule has 0 aliphatic carbocycles. The number of methoxy groups -OCH3 is 2. The number of carbonyl (C=O) groups is 2. The summed E-state index contributed by atoms with van der Waals surface area (Å²) in [6, 6.07) is 27.2. The third-order valence-corrected chi connectivity index (χ3v) is 8.79. The molecule has 0 bridgehead atoms. The van der Waals surface area contributed by atoms with E-state index in [0.717, 1.165) is 5.56 Å². The molecule has 0 spiro atoms. The number of nitrogens with zero attached hydrogens (tertiary/aromatic N) is 3. The van der Waals surface area contributed by atoms with Gasteiger partial charge in [-0.1, -0.05) is 71.7 Å². The molecule has 2 N–H and O–H groups in total. The molecule has 2 aromatic heterocycles. The van der Waals surface area contributed by atoms with Crippen LogP contribution in [0, 0.1) is 11.6 Å². The van der Waals surface area contributed by atoms with Crippen LogP contribution in [-0.2, 0) is 12.8 Å². The van der Waals surface area contributed by atoms with Crippen molar-refractivity contribution in [2.24, 2.45) is 0 Å². The van der Waals surface area contributed by atoms with Crippen molar-refractivity contribution in [2.75, 3.05) is 42.4 Å². The molecular weight excluding hydrogens is 773 g/mol. The van der Waals surface area contributed by atoms with Crippen LogP contribution >= 0.6 is 23.2 Å². The van der Waals surface area contributed by atoms with Crippen molar-refractivity contribution in [3.05, 3.63) is 165 Å². The number of nitrogens with one attached hydrogen (secondary N) is 1. The first-order valence-electron chi connectivity index (χ1n) is 17.5. The molecule has 9 nitrogen and oxygen atoms in total. The minimum Gasteiger partial charge on any atom is -0.496 e. The van der Waals surface area contributed by atoms with Crippen molar-refractivity contribution in [3.63, 3.8) is 0 Å². The predicted octanol–water partition coefficient (Wildman–Crippen LogP) is 9.52. The maximum Gasteiger partial charge on any atom is 0.354 e. The number of aromatic carboxylic acids is 1. The van der Waals surface area contributed by atoms with E-state index in [1.54, 1.807) is 111 Å². The highest BCUT2D eigenvalue weighted by atomic mass is 35.5. The Morgan fingerprint density at radius 2 is 1.11 bits per heavy atom. The van der Waals surface area contributed by atoms with Gasteiger partial charge in [0.1, 0.15) is 34.5 Å². The monoisotopic (exact) mass is 814 g/mol. The van der Waals surface area contributed by atoms with Gasteiger partial charge in [0.05, 0.1) is 25.3 Å². The molecule has 6 aromatic rings. The van der Waals surface area contributed by atoms with Crippen molar-refractivity contribution in [1.82, 2.24) is 20.2 Å². The van der Waals surface area contributed by atoms with E-state index in [1.165, 1.54) is 31.4 Å². The van der Waals surface area contributed by atoms with E-state index in [-0.39, 0.29) is 23.8 Å². The van der Waals surface area contributed by atoms with Crippen LogP contribution in [0.5, 0.6) is 11.5 Å². The Bertz CT molecular complexity index is 2310. The van der Waals surface area contributed by atoms with Crippen molar-refractivity contribution in [3.8, 4) is 33.8 Å². The first-order chi connectivity index (χ1) is 27.3. The highest BCUT2D eigenvalue weighted by Crippen LogP contribution is 2.37. The second kappa shape index (κ2) is 20.9. The fraction of sp³-hybridized carbons (Fsp3) is 0.182. The van der Waals surface area contributed by atoms with Gasteiger partial charge in [-0.2, -0.15) is 0 Å². The summed E-state index contributed by atoms with van der Waals surface area (Å²) < 4.78 is 41.2. The summed E-state index contributed by atoms with van der Waals surface area (Å²) in [7, 11) is 10.1. The molecule has 0 atom stereocenters. The number of hydrogen-bond donors (Lipinski definition) is 2. The van der Waals surface area contributed by atoms with Gasteiger partial charge in [-0.15, -0.1) is 0 Å². The van der Waals surface area contributed by atoms with Crippen LogP contribution in [0.15, 0.2) is 109 Å².